The van der Waals surface area contributed by atoms with Gasteiger partial charge in [0, 0.05) is 30.7 Å². The maximum Gasteiger partial charge on any atom is 0.257 e. The molecule has 0 spiro atoms. The third-order valence-electron chi connectivity index (χ3n) is 4.75. The van der Waals surface area contributed by atoms with E-state index < -0.39 is 11.7 Å². The summed E-state index contributed by atoms with van der Waals surface area (Å²) in [6.45, 7) is 2.21. The SMILES string of the molecule is O=C(Nc1ccccc1F)c1cncc(Nc2ccc(N3CCCC3)cc2)c1. The normalized spacial score (nSPS) is 13.4. The summed E-state index contributed by atoms with van der Waals surface area (Å²) in [7, 11) is 0. The van der Waals surface area contributed by atoms with Crippen molar-refractivity contribution in [1.29, 1.82) is 0 Å². The Labute approximate surface area is 163 Å². The minimum atomic E-state index is -0.476. The number of nitrogens with zero attached hydrogens (tertiary/aromatic N) is 2. The molecule has 142 valence electrons. The molecule has 1 fully saturated rings. The van der Waals surface area contributed by atoms with Gasteiger partial charge in [-0.25, -0.2) is 4.39 Å². The van der Waals surface area contributed by atoms with Gasteiger partial charge in [-0.15, -0.1) is 0 Å². The van der Waals surface area contributed by atoms with Gasteiger partial charge in [0.05, 0.1) is 23.1 Å². The molecular weight excluding hydrogens is 355 g/mol. The summed E-state index contributed by atoms with van der Waals surface area (Å²) in [5.41, 5.74) is 3.32. The van der Waals surface area contributed by atoms with E-state index in [2.05, 4.69) is 32.7 Å². The summed E-state index contributed by atoms with van der Waals surface area (Å²) in [6, 6.07) is 16.0. The molecule has 0 radical (unpaired) electrons. The molecule has 0 atom stereocenters. The number of rotatable bonds is 5. The number of carbonyl (C=O) groups is 1. The molecule has 2 N–H and O–H groups in total. The lowest BCUT2D eigenvalue weighted by molar-refractivity contribution is 0.102. The van der Waals surface area contributed by atoms with Gasteiger partial charge in [-0.05, 0) is 55.3 Å². The number of benzene rings is 2. The maximum absolute atomic E-state index is 13.7. The molecule has 6 heteroatoms. The van der Waals surface area contributed by atoms with Crippen molar-refractivity contribution in [3.05, 3.63) is 78.4 Å². The summed E-state index contributed by atoms with van der Waals surface area (Å²) in [5.74, 6) is -0.887. The lowest BCUT2D eigenvalue weighted by Crippen LogP contribution is -2.17. The Morgan fingerprint density at radius 2 is 1.71 bits per heavy atom. The summed E-state index contributed by atoms with van der Waals surface area (Å²) >= 11 is 0. The van der Waals surface area contributed by atoms with E-state index in [4.69, 9.17) is 0 Å². The van der Waals surface area contributed by atoms with Gasteiger partial charge in [-0.1, -0.05) is 12.1 Å². The lowest BCUT2D eigenvalue weighted by atomic mass is 10.2. The third-order valence-corrected chi connectivity index (χ3v) is 4.75. The molecule has 5 nitrogen and oxygen atoms in total. The van der Waals surface area contributed by atoms with Gasteiger partial charge in [-0.2, -0.15) is 0 Å². The average molecular weight is 376 g/mol. The summed E-state index contributed by atoms with van der Waals surface area (Å²) < 4.78 is 13.7. The molecule has 1 aliphatic heterocycles. The van der Waals surface area contributed by atoms with Crippen LogP contribution in [-0.4, -0.2) is 24.0 Å². The summed E-state index contributed by atoms with van der Waals surface area (Å²) in [5, 5.41) is 5.83. The van der Waals surface area contributed by atoms with Crippen molar-refractivity contribution in [2.24, 2.45) is 0 Å². The number of aromatic nitrogens is 1. The predicted octanol–water partition coefficient (Wildman–Crippen LogP) is 4.82. The number of pyridine rings is 1. The van der Waals surface area contributed by atoms with Crippen molar-refractivity contribution in [1.82, 2.24) is 4.98 Å². The molecule has 1 aromatic heterocycles. The second-order valence-electron chi connectivity index (χ2n) is 6.76. The topological polar surface area (TPSA) is 57.3 Å². The molecule has 0 aliphatic carbocycles. The fourth-order valence-corrected chi connectivity index (χ4v) is 3.29. The van der Waals surface area contributed by atoms with Gasteiger partial charge in [0.1, 0.15) is 5.82 Å². The van der Waals surface area contributed by atoms with E-state index in [1.165, 1.54) is 36.9 Å². The van der Waals surface area contributed by atoms with Crippen LogP contribution in [0.2, 0.25) is 0 Å². The fraction of sp³-hybridized carbons (Fsp3) is 0.182. The second kappa shape index (κ2) is 8.08. The first-order valence-corrected chi connectivity index (χ1v) is 9.32. The summed E-state index contributed by atoms with van der Waals surface area (Å²) in [4.78, 5) is 18.9. The number of para-hydroxylation sites is 1. The van der Waals surface area contributed by atoms with Crippen molar-refractivity contribution in [3.8, 4) is 0 Å². The molecule has 1 saturated heterocycles. The van der Waals surface area contributed by atoms with Gasteiger partial charge in [0.2, 0.25) is 0 Å². The standard InChI is InChI=1S/C22H21FN4O/c23-20-5-1-2-6-21(20)26-22(28)16-13-18(15-24-14-16)25-17-7-9-19(10-8-17)27-11-3-4-12-27/h1-2,5-10,13-15,25H,3-4,11-12H2,(H,26,28). The van der Waals surface area contributed by atoms with Crippen LogP contribution in [0.1, 0.15) is 23.2 Å². The highest BCUT2D eigenvalue weighted by atomic mass is 19.1. The second-order valence-corrected chi connectivity index (χ2v) is 6.76. The Bertz CT molecular complexity index is 968. The minimum Gasteiger partial charge on any atom is -0.372 e. The van der Waals surface area contributed by atoms with E-state index >= 15 is 0 Å². The van der Waals surface area contributed by atoms with Gasteiger partial charge in [0.15, 0.2) is 0 Å². The Balaban J connectivity index is 1.44. The van der Waals surface area contributed by atoms with Crippen LogP contribution in [0, 0.1) is 5.82 Å². The molecule has 0 saturated carbocycles. The van der Waals surface area contributed by atoms with E-state index in [1.807, 2.05) is 12.1 Å². The largest absolute Gasteiger partial charge is 0.372 e. The number of amides is 1. The zero-order valence-corrected chi connectivity index (χ0v) is 15.4. The number of anilines is 4. The van der Waals surface area contributed by atoms with Crippen molar-refractivity contribution in [2.75, 3.05) is 28.6 Å². The van der Waals surface area contributed by atoms with Crippen molar-refractivity contribution in [2.45, 2.75) is 12.8 Å². The Morgan fingerprint density at radius 1 is 0.964 bits per heavy atom. The predicted molar refractivity (Wildman–Crippen MR) is 110 cm³/mol. The zero-order valence-electron chi connectivity index (χ0n) is 15.4. The molecule has 1 aliphatic rings. The van der Waals surface area contributed by atoms with E-state index in [-0.39, 0.29) is 5.69 Å². The van der Waals surface area contributed by atoms with Gasteiger partial charge >= 0.3 is 0 Å². The van der Waals surface area contributed by atoms with Crippen LogP contribution < -0.4 is 15.5 Å². The minimum absolute atomic E-state index is 0.142. The van der Waals surface area contributed by atoms with Crippen molar-refractivity contribution < 1.29 is 9.18 Å². The highest BCUT2D eigenvalue weighted by Crippen LogP contribution is 2.24. The number of halogens is 1. The van der Waals surface area contributed by atoms with Crippen LogP contribution in [0.3, 0.4) is 0 Å². The molecular formula is C22H21FN4O. The summed E-state index contributed by atoms with van der Waals surface area (Å²) in [6.07, 6.45) is 5.59. The monoisotopic (exact) mass is 376 g/mol. The van der Waals surface area contributed by atoms with Crippen LogP contribution in [-0.2, 0) is 0 Å². The Morgan fingerprint density at radius 3 is 2.46 bits per heavy atom. The van der Waals surface area contributed by atoms with Crippen molar-refractivity contribution >= 4 is 28.7 Å². The average Bonchev–Trinajstić information content (AvgIpc) is 3.25. The smallest absolute Gasteiger partial charge is 0.257 e. The zero-order chi connectivity index (χ0) is 19.3. The van der Waals surface area contributed by atoms with E-state index in [1.54, 1.807) is 24.4 Å². The lowest BCUT2D eigenvalue weighted by Gasteiger charge is -2.18. The molecule has 28 heavy (non-hydrogen) atoms. The van der Waals surface area contributed by atoms with Crippen LogP contribution >= 0.6 is 0 Å². The highest BCUT2D eigenvalue weighted by molar-refractivity contribution is 6.04. The Hall–Kier alpha value is -3.41. The van der Waals surface area contributed by atoms with Crippen molar-refractivity contribution in [3.63, 3.8) is 0 Å². The van der Waals surface area contributed by atoms with Gasteiger partial charge in [0.25, 0.3) is 5.91 Å². The fourth-order valence-electron chi connectivity index (χ4n) is 3.29. The molecule has 3 aromatic rings. The molecule has 0 unspecified atom stereocenters. The number of carbonyl (C=O) groups excluding carboxylic acids is 1. The molecule has 0 bridgehead atoms. The molecule has 2 aromatic carbocycles. The van der Waals surface area contributed by atoms with E-state index in [0.717, 1.165) is 18.8 Å². The third kappa shape index (κ3) is 4.11. The first-order chi connectivity index (χ1) is 13.7. The van der Waals surface area contributed by atoms with Crippen LogP contribution in [0.5, 0.6) is 0 Å². The Kier molecular flexibility index (Phi) is 5.19. The van der Waals surface area contributed by atoms with Crippen LogP contribution in [0.25, 0.3) is 0 Å². The van der Waals surface area contributed by atoms with Gasteiger partial charge in [-0.3, -0.25) is 9.78 Å². The van der Waals surface area contributed by atoms with Crippen LogP contribution in [0.15, 0.2) is 67.0 Å². The molecule has 4 rings (SSSR count). The van der Waals surface area contributed by atoms with Crippen LogP contribution in [0.4, 0.5) is 27.1 Å². The van der Waals surface area contributed by atoms with Gasteiger partial charge < -0.3 is 15.5 Å². The molecule has 2 heterocycles. The maximum atomic E-state index is 13.7. The van der Waals surface area contributed by atoms with E-state index in [0.29, 0.717) is 11.3 Å². The number of nitrogens with one attached hydrogen (secondary N) is 2. The number of hydrogen-bond acceptors (Lipinski definition) is 4. The quantitative estimate of drug-likeness (QED) is 0.670. The first kappa shape index (κ1) is 18.0. The molecule has 1 amide bonds. The number of hydrogen-bond donors (Lipinski definition) is 2. The van der Waals surface area contributed by atoms with E-state index in [9.17, 15) is 9.18 Å². The highest BCUT2D eigenvalue weighted by Gasteiger charge is 2.12. The first-order valence-electron chi connectivity index (χ1n) is 9.32.